The van der Waals surface area contributed by atoms with Gasteiger partial charge in [0.05, 0.1) is 11.4 Å². The van der Waals surface area contributed by atoms with E-state index in [4.69, 9.17) is 0 Å². The molecule has 0 saturated heterocycles. The van der Waals surface area contributed by atoms with Crippen molar-refractivity contribution in [3.8, 4) is 5.69 Å². The van der Waals surface area contributed by atoms with E-state index in [-0.39, 0.29) is 0 Å². The van der Waals surface area contributed by atoms with Crippen molar-refractivity contribution in [3.05, 3.63) is 77.9 Å². The molecule has 3 aromatic rings. The largest absolute Gasteiger partial charge is 0.382 e. The van der Waals surface area contributed by atoms with Crippen molar-refractivity contribution in [2.24, 2.45) is 0 Å². The van der Waals surface area contributed by atoms with Gasteiger partial charge >= 0.3 is 0 Å². The highest BCUT2D eigenvalue weighted by Crippen LogP contribution is 2.23. The minimum Gasteiger partial charge on any atom is -0.382 e. The number of benzene rings is 1. The summed E-state index contributed by atoms with van der Waals surface area (Å²) in [5, 5.41) is 14.8. The van der Waals surface area contributed by atoms with Gasteiger partial charge in [0, 0.05) is 24.2 Å². The predicted molar refractivity (Wildman–Crippen MR) is 76.6 cm³/mol. The molecule has 0 aliphatic heterocycles. The summed E-state index contributed by atoms with van der Waals surface area (Å²) in [6.07, 6.45) is 4.39. The lowest BCUT2D eigenvalue weighted by atomic mass is 10.1. The molecule has 1 N–H and O–H groups in total. The van der Waals surface area contributed by atoms with Gasteiger partial charge in [-0.3, -0.25) is 4.98 Å². The Balaban J connectivity index is 2.02. The smallest absolute Gasteiger partial charge is 0.123 e. The summed E-state index contributed by atoms with van der Waals surface area (Å²) in [5.74, 6) is 0. The molecule has 0 radical (unpaired) electrons. The third kappa shape index (κ3) is 2.33. The van der Waals surface area contributed by atoms with Crippen LogP contribution in [0.25, 0.3) is 5.69 Å². The van der Waals surface area contributed by atoms with Crippen LogP contribution in [0.4, 0.5) is 0 Å². The average molecular weight is 265 g/mol. The Bertz CT molecular complexity index is 707. The fourth-order valence-electron chi connectivity index (χ4n) is 2.20. The standard InChI is InChI=1S/C16H15N3O/c1-12-9-13(11-17-10-12)16(20)15-7-8-18-19(15)14-5-3-2-4-6-14/h2-11,16,20H,1H3. The lowest BCUT2D eigenvalue weighted by molar-refractivity contribution is 0.211. The molecule has 1 aromatic carbocycles. The van der Waals surface area contributed by atoms with Crippen LogP contribution >= 0.6 is 0 Å². The van der Waals surface area contributed by atoms with E-state index >= 15 is 0 Å². The molecule has 20 heavy (non-hydrogen) atoms. The van der Waals surface area contributed by atoms with Crippen LogP contribution in [-0.2, 0) is 0 Å². The maximum Gasteiger partial charge on any atom is 0.123 e. The van der Waals surface area contributed by atoms with E-state index < -0.39 is 6.10 Å². The molecule has 0 spiro atoms. The molecule has 0 saturated carbocycles. The van der Waals surface area contributed by atoms with Crippen LogP contribution in [0.15, 0.2) is 61.1 Å². The first-order valence-electron chi connectivity index (χ1n) is 6.44. The van der Waals surface area contributed by atoms with Crippen molar-refractivity contribution >= 4 is 0 Å². The van der Waals surface area contributed by atoms with Crippen molar-refractivity contribution in [3.63, 3.8) is 0 Å². The first kappa shape index (κ1) is 12.6. The Morgan fingerprint density at radius 3 is 2.65 bits per heavy atom. The second-order valence-electron chi connectivity index (χ2n) is 4.70. The lowest BCUT2D eigenvalue weighted by Gasteiger charge is -2.14. The first-order valence-corrected chi connectivity index (χ1v) is 6.44. The number of aryl methyl sites for hydroxylation is 1. The highest BCUT2D eigenvalue weighted by atomic mass is 16.3. The van der Waals surface area contributed by atoms with Gasteiger partial charge in [0.25, 0.3) is 0 Å². The number of aliphatic hydroxyl groups is 1. The second-order valence-corrected chi connectivity index (χ2v) is 4.70. The summed E-state index contributed by atoms with van der Waals surface area (Å²) in [4.78, 5) is 4.13. The Kier molecular flexibility index (Phi) is 3.31. The summed E-state index contributed by atoms with van der Waals surface area (Å²) >= 11 is 0. The fraction of sp³-hybridized carbons (Fsp3) is 0.125. The van der Waals surface area contributed by atoms with Crippen molar-refractivity contribution in [1.82, 2.24) is 14.8 Å². The number of rotatable bonds is 3. The van der Waals surface area contributed by atoms with Gasteiger partial charge in [-0.2, -0.15) is 5.10 Å². The molecule has 1 atom stereocenters. The second kappa shape index (κ2) is 5.27. The minimum atomic E-state index is -0.745. The number of nitrogens with zero attached hydrogens (tertiary/aromatic N) is 3. The van der Waals surface area contributed by atoms with E-state index in [1.807, 2.05) is 49.4 Å². The summed E-state index contributed by atoms with van der Waals surface area (Å²) in [5.41, 5.74) is 3.44. The SMILES string of the molecule is Cc1cncc(C(O)c2ccnn2-c2ccccc2)c1. The average Bonchev–Trinajstić information content (AvgIpc) is 2.97. The highest BCUT2D eigenvalue weighted by molar-refractivity contribution is 5.35. The van der Waals surface area contributed by atoms with Gasteiger partial charge in [-0.05, 0) is 30.7 Å². The normalized spacial score (nSPS) is 12.3. The van der Waals surface area contributed by atoms with E-state index in [1.54, 1.807) is 23.3 Å². The lowest BCUT2D eigenvalue weighted by Crippen LogP contribution is -2.09. The van der Waals surface area contributed by atoms with Crippen LogP contribution in [0.3, 0.4) is 0 Å². The zero-order valence-electron chi connectivity index (χ0n) is 11.1. The van der Waals surface area contributed by atoms with Gasteiger partial charge < -0.3 is 5.11 Å². The Labute approximate surface area is 117 Å². The number of pyridine rings is 1. The van der Waals surface area contributed by atoms with Gasteiger partial charge in [0.15, 0.2) is 0 Å². The van der Waals surface area contributed by atoms with Crippen molar-refractivity contribution in [2.75, 3.05) is 0 Å². The number of aromatic nitrogens is 3. The van der Waals surface area contributed by atoms with Crippen LogP contribution < -0.4 is 0 Å². The Hall–Kier alpha value is -2.46. The number of aliphatic hydroxyl groups excluding tert-OH is 1. The van der Waals surface area contributed by atoms with Gasteiger partial charge in [0.2, 0.25) is 0 Å². The van der Waals surface area contributed by atoms with E-state index in [0.29, 0.717) is 0 Å². The molecule has 0 aliphatic carbocycles. The van der Waals surface area contributed by atoms with Crippen molar-refractivity contribution in [2.45, 2.75) is 13.0 Å². The van der Waals surface area contributed by atoms with Crippen LogP contribution in [0.5, 0.6) is 0 Å². The summed E-state index contributed by atoms with van der Waals surface area (Å²) in [7, 11) is 0. The molecular formula is C16H15N3O. The predicted octanol–water partition coefficient (Wildman–Crippen LogP) is 2.66. The van der Waals surface area contributed by atoms with Gasteiger partial charge in [0.1, 0.15) is 6.10 Å². The molecule has 1 unspecified atom stereocenters. The van der Waals surface area contributed by atoms with E-state index in [0.717, 1.165) is 22.5 Å². The van der Waals surface area contributed by atoms with Crippen LogP contribution in [-0.4, -0.2) is 19.9 Å². The molecule has 0 fully saturated rings. The summed E-state index contributed by atoms with van der Waals surface area (Å²) in [6, 6.07) is 13.5. The quantitative estimate of drug-likeness (QED) is 0.792. The van der Waals surface area contributed by atoms with E-state index in [2.05, 4.69) is 10.1 Å². The van der Waals surface area contributed by atoms with Gasteiger partial charge in [-0.15, -0.1) is 0 Å². The van der Waals surface area contributed by atoms with Crippen LogP contribution in [0.2, 0.25) is 0 Å². The molecule has 4 heteroatoms. The molecule has 3 rings (SSSR count). The Morgan fingerprint density at radius 1 is 1.10 bits per heavy atom. The van der Waals surface area contributed by atoms with Crippen LogP contribution in [0.1, 0.15) is 22.9 Å². The van der Waals surface area contributed by atoms with E-state index in [1.165, 1.54) is 0 Å². The van der Waals surface area contributed by atoms with Gasteiger partial charge in [-0.1, -0.05) is 24.3 Å². The fourth-order valence-corrected chi connectivity index (χ4v) is 2.20. The summed E-state index contributed by atoms with van der Waals surface area (Å²) in [6.45, 7) is 1.96. The zero-order valence-corrected chi connectivity index (χ0v) is 11.1. The summed E-state index contributed by atoms with van der Waals surface area (Å²) < 4.78 is 1.74. The first-order chi connectivity index (χ1) is 9.75. The molecule has 2 aromatic heterocycles. The number of hydrogen-bond donors (Lipinski definition) is 1. The maximum atomic E-state index is 10.5. The molecule has 0 amide bonds. The van der Waals surface area contributed by atoms with Crippen LogP contribution in [0, 0.1) is 6.92 Å². The number of hydrogen-bond acceptors (Lipinski definition) is 3. The van der Waals surface area contributed by atoms with E-state index in [9.17, 15) is 5.11 Å². The molecular weight excluding hydrogens is 250 g/mol. The monoisotopic (exact) mass is 265 g/mol. The highest BCUT2D eigenvalue weighted by Gasteiger charge is 2.16. The molecule has 0 bridgehead atoms. The Morgan fingerprint density at radius 2 is 1.90 bits per heavy atom. The molecule has 4 nitrogen and oxygen atoms in total. The molecule has 100 valence electrons. The van der Waals surface area contributed by atoms with Crippen molar-refractivity contribution < 1.29 is 5.11 Å². The molecule has 2 heterocycles. The number of para-hydroxylation sites is 1. The van der Waals surface area contributed by atoms with Gasteiger partial charge in [-0.25, -0.2) is 4.68 Å². The third-order valence-electron chi connectivity index (χ3n) is 3.16. The zero-order chi connectivity index (χ0) is 13.9. The topological polar surface area (TPSA) is 50.9 Å². The van der Waals surface area contributed by atoms with Crippen molar-refractivity contribution in [1.29, 1.82) is 0 Å². The third-order valence-corrected chi connectivity index (χ3v) is 3.16. The molecule has 0 aliphatic rings. The maximum absolute atomic E-state index is 10.5. The minimum absolute atomic E-state index is 0.726.